The predicted octanol–water partition coefficient (Wildman–Crippen LogP) is 4.44. The van der Waals surface area contributed by atoms with Gasteiger partial charge in [-0.1, -0.05) is 0 Å². The second kappa shape index (κ2) is 13.0. The van der Waals surface area contributed by atoms with E-state index in [1.54, 1.807) is 31.3 Å². The Morgan fingerprint density at radius 2 is 2.14 bits per heavy atom. The number of likely N-dealkylation sites (tertiary alicyclic amines) is 1. The molecule has 0 amide bonds. The molecule has 0 spiro atoms. The number of carboxylic acids is 1. The van der Waals surface area contributed by atoms with Crippen molar-refractivity contribution in [2.75, 3.05) is 32.5 Å². The van der Waals surface area contributed by atoms with Crippen molar-refractivity contribution >= 4 is 28.6 Å². The van der Waals surface area contributed by atoms with Crippen LogP contribution in [-0.2, 0) is 4.79 Å². The highest BCUT2D eigenvalue weighted by atomic mass is 32.2. The molecule has 192 valence electrons. The van der Waals surface area contributed by atoms with Crippen LogP contribution in [0.2, 0.25) is 0 Å². The molecular weight excluding hydrogens is 476 g/mol. The molecule has 1 saturated heterocycles. The van der Waals surface area contributed by atoms with Crippen LogP contribution in [0.1, 0.15) is 43.8 Å². The van der Waals surface area contributed by atoms with Crippen molar-refractivity contribution in [1.29, 1.82) is 0 Å². The summed E-state index contributed by atoms with van der Waals surface area (Å²) in [7, 11) is 1.62. The van der Waals surface area contributed by atoms with E-state index in [-0.39, 0.29) is 18.3 Å². The van der Waals surface area contributed by atoms with E-state index in [9.17, 15) is 15.0 Å². The molecule has 36 heavy (non-hydrogen) atoms. The summed E-state index contributed by atoms with van der Waals surface area (Å²) in [4.78, 5) is 18.4. The lowest BCUT2D eigenvalue weighted by molar-refractivity contribution is -0.139. The molecule has 3 atom stereocenters. The van der Waals surface area contributed by atoms with Crippen molar-refractivity contribution in [2.24, 2.45) is 11.8 Å². The van der Waals surface area contributed by atoms with Crippen LogP contribution in [0, 0.1) is 11.8 Å². The summed E-state index contributed by atoms with van der Waals surface area (Å²) in [5, 5.41) is 30.4. The van der Waals surface area contributed by atoms with Crippen LogP contribution in [-0.4, -0.2) is 68.8 Å². The Kier molecular flexibility index (Phi) is 9.49. The number of ether oxygens (including phenoxy) is 1. The number of carboxylic acid groups (broad SMARTS) is 1. The maximum Gasteiger partial charge on any atom is 0.303 e. The molecule has 3 heterocycles. The summed E-state index contributed by atoms with van der Waals surface area (Å²) in [5.41, 5.74) is 1.66. The maximum absolute atomic E-state index is 11.6. The third kappa shape index (κ3) is 7.15. The average Bonchev–Trinajstić information content (AvgIpc) is 2.90. The van der Waals surface area contributed by atoms with Gasteiger partial charge >= 0.3 is 5.97 Å². The molecular formula is C27H34N4O4S. The number of benzene rings is 1. The van der Waals surface area contributed by atoms with E-state index in [2.05, 4.69) is 20.1 Å². The number of carbonyl (C=O) groups is 1. The number of nitrogens with zero attached hydrogens (tertiary/aromatic N) is 4. The van der Waals surface area contributed by atoms with Gasteiger partial charge in [-0.3, -0.25) is 9.78 Å². The standard InChI is InChI=1S/C27H34N4O4S/c1-35-21-6-7-24-23(17-21)22(9-12-28-24)25(32)8-5-19-10-14-31(18-20(19)16-27(33)34)13-3-15-36-26-4-2-11-29-30-26/h2,4,6-7,9,11-12,17,19-20,25,32H,3,5,8,10,13-16,18H2,1H3,(H,33,34)/t19-,20+,25+/m1/s1. The van der Waals surface area contributed by atoms with Crippen molar-refractivity contribution in [2.45, 2.75) is 43.2 Å². The summed E-state index contributed by atoms with van der Waals surface area (Å²) in [5.74, 6) is 1.30. The maximum atomic E-state index is 11.6. The van der Waals surface area contributed by atoms with Crippen molar-refractivity contribution in [3.05, 3.63) is 54.4 Å². The van der Waals surface area contributed by atoms with Crippen LogP contribution in [0.3, 0.4) is 0 Å². The minimum atomic E-state index is -0.752. The van der Waals surface area contributed by atoms with Gasteiger partial charge in [-0.25, -0.2) is 0 Å². The van der Waals surface area contributed by atoms with E-state index < -0.39 is 12.1 Å². The van der Waals surface area contributed by atoms with E-state index in [1.807, 2.05) is 36.4 Å². The number of rotatable bonds is 12. The number of aliphatic hydroxyl groups is 1. The second-order valence-electron chi connectivity index (χ2n) is 9.35. The van der Waals surface area contributed by atoms with Gasteiger partial charge in [0, 0.05) is 36.5 Å². The first kappa shape index (κ1) is 26.3. The van der Waals surface area contributed by atoms with Crippen LogP contribution in [0.5, 0.6) is 5.75 Å². The fourth-order valence-corrected chi connectivity index (χ4v) is 5.88. The molecule has 4 rings (SSSR count). The first-order valence-corrected chi connectivity index (χ1v) is 13.5. The molecule has 8 nitrogen and oxygen atoms in total. The number of aliphatic hydroxyl groups excluding tert-OH is 1. The Morgan fingerprint density at radius 3 is 2.92 bits per heavy atom. The molecule has 2 aromatic heterocycles. The highest BCUT2D eigenvalue weighted by Crippen LogP contribution is 2.35. The molecule has 1 aromatic carbocycles. The van der Waals surface area contributed by atoms with Gasteiger partial charge in [0.15, 0.2) is 0 Å². The molecule has 9 heteroatoms. The highest BCUT2D eigenvalue weighted by Gasteiger charge is 2.31. The van der Waals surface area contributed by atoms with Gasteiger partial charge in [0.05, 0.1) is 18.7 Å². The van der Waals surface area contributed by atoms with E-state index in [1.165, 1.54) is 0 Å². The minimum absolute atomic E-state index is 0.0883. The SMILES string of the molecule is COc1ccc2nccc([C@@H](O)CC[C@@H]3CCN(CCCSc4cccnn4)C[C@@H]3CC(=O)O)c2c1. The first-order chi connectivity index (χ1) is 17.5. The molecule has 0 aliphatic carbocycles. The van der Waals surface area contributed by atoms with Crippen LogP contribution >= 0.6 is 11.8 Å². The Morgan fingerprint density at radius 1 is 1.25 bits per heavy atom. The lowest BCUT2D eigenvalue weighted by Crippen LogP contribution is -2.42. The van der Waals surface area contributed by atoms with Crippen molar-refractivity contribution in [3.8, 4) is 5.75 Å². The quantitative estimate of drug-likeness (QED) is 0.270. The third-order valence-electron chi connectivity index (χ3n) is 6.98. The average molecular weight is 511 g/mol. The van der Waals surface area contributed by atoms with Crippen molar-refractivity contribution in [1.82, 2.24) is 20.1 Å². The van der Waals surface area contributed by atoms with E-state index in [0.29, 0.717) is 6.42 Å². The number of aromatic nitrogens is 3. The Labute approximate surface area is 216 Å². The summed E-state index contributed by atoms with van der Waals surface area (Å²) in [6, 6.07) is 11.4. The lowest BCUT2D eigenvalue weighted by atomic mass is 9.79. The first-order valence-electron chi connectivity index (χ1n) is 12.5. The number of piperidine rings is 1. The molecule has 0 radical (unpaired) electrons. The van der Waals surface area contributed by atoms with E-state index in [0.717, 1.165) is 71.9 Å². The van der Waals surface area contributed by atoms with E-state index >= 15 is 0 Å². The van der Waals surface area contributed by atoms with Crippen molar-refractivity contribution in [3.63, 3.8) is 0 Å². The van der Waals surface area contributed by atoms with Crippen LogP contribution in [0.4, 0.5) is 0 Å². The van der Waals surface area contributed by atoms with Crippen molar-refractivity contribution < 1.29 is 19.7 Å². The van der Waals surface area contributed by atoms with Gasteiger partial charge in [-0.2, -0.15) is 5.10 Å². The highest BCUT2D eigenvalue weighted by molar-refractivity contribution is 7.99. The number of methoxy groups -OCH3 is 1. The van der Waals surface area contributed by atoms with Gasteiger partial charge < -0.3 is 19.8 Å². The predicted molar refractivity (Wildman–Crippen MR) is 140 cm³/mol. The Bertz CT molecular complexity index is 1130. The number of thioether (sulfide) groups is 1. The number of pyridine rings is 1. The monoisotopic (exact) mass is 510 g/mol. The number of hydrogen-bond donors (Lipinski definition) is 2. The fourth-order valence-electron chi connectivity index (χ4n) is 5.12. The van der Waals surface area contributed by atoms with Crippen LogP contribution in [0.15, 0.2) is 53.8 Å². The number of aliphatic carboxylic acids is 1. The summed E-state index contributed by atoms with van der Waals surface area (Å²) in [6.07, 6.45) is 6.28. The molecule has 1 fully saturated rings. The molecule has 2 N–H and O–H groups in total. The van der Waals surface area contributed by atoms with Crippen LogP contribution in [0.25, 0.3) is 10.9 Å². The van der Waals surface area contributed by atoms with Gasteiger partial charge in [0.25, 0.3) is 0 Å². The van der Waals surface area contributed by atoms with Crippen LogP contribution < -0.4 is 4.74 Å². The smallest absolute Gasteiger partial charge is 0.303 e. The van der Waals surface area contributed by atoms with Gasteiger partial charge in [0.2, 0.25) is 0 Å². The summed E-state index contributed by atoms with van der Waals surface area (Å²) < 4.78 is 5.35. The zero-order chi connectivity index (χ0) is 25.3. The topological polar surface area (TPSA) is 109 Å². The summed E-state index contributed by atoms with van der Waals surface area (Å²) in [6.45, 7) is 2.70. The minimum Gasteiger partial charge on any atom is -0.497 e. The number of hydrogen-bond acceptors (Lipinski definition) is 8. The molecule has 1 aliphatic rings. The molecule has 0 bridgehead atoms. The number of fused-ring (bicyclic) bond motifs is 1. The van der Waals surface area contributed by atoms with E-state index in [4.69, 9.17) is 4.74 Å². The largest absolute Gasteiger partial charge is 0.497 e. The third-order valence-corrected chi connectivity index (χ3v) is 7.99. The Balaban J connectivity index is 1.31. The van der Waals surface area contributed by atoms with Gasteiger partial charge in [0.1, 0.15) is 10.8 Å². The molecule has 1 aliphatic heterocycles. The Hall–Kier alpha value is -2.75. The lowest BCUT2D eigenvalue weighted by Gasteiger charge is -2.38. The summed E-state index contributed by atoms with van der Waals surface area (Å²) >= 11 is 1.70. The molecule has 0 saturated carbocycles. The van der Waals surface area contributed by atoms with Gasteiger partial charge in [-0.05, 0) is 92.6 Å². The molecule has 0 unspecified atom stereocenters. The second-order valence-corrected chi connectivity index (χ2v) is 10.5. The zero-order valence-corrected chi connectivity index (χ0v) is 21.4. The van der Waals surface area contributed by atoms with Gasteiger partial charge in [-0.15, -0.1) is 16.9 Å². The fraction of sp³-hybridized carbons (Fsp3) is 0.481. The zero-order valence-electron chi connectivity index (χ0n) is 20.6. The molecule has 3 aromatic rings. The normalized spacial score (nSPS) is 19.3.